The molecule has 5 nitrogen and oxygen atoms in total. The number of guanidine groups is 1. The number of carbonyl (C=O) groups excluding carboxylic acids is 1. The SMILES string of the molecule is CCNC(=O)c1ccc(CNC(=NC)NCc2ccc(C)s2)cc1.I. The molecule has 0 radical (unpaired) electrons. The Labute approximate surface area is 170 Å². The number of thiophene rings is 1. The first kappa shape index (κ1) is 21.4. The molecule has 0 spiro atoms. The summed E-state index contributed by atoms with van der Waals surface area (Å²) in [6.45, 7) is 6.05. The lowest BCUT2D eigenvalue weighted by Crippen LogP contribution is -2.36. The molecule has 3 N–H and O–H groups in total. The van der Waals surface area contributed by atoms with Crippen molar-refractivity contribution in [3.63, 3.8) is 0 Å². The summed E-state index contributed by atoms with van der Waals surface area (Å²) in [7, 11) is 1.76. The summed E-state index contributed by atoms with van der Waals surface area (Å²) >= 11 is 1.78. The first-order valence-electron chi connectivity index (χ1n) is 7.99. The van der Waals surface area contributed by atoms with Gasteiger partial charge in [-0.15, -0.1) is 35.3 Å². The summed E-state index contributed by atoms with van der Waals surface area (Å²) in [5.41, 5.74) is 1.77. The van der Waals surface area contributed by atoms with Gasteiger partial charge in [0.25, 0.3) is 5.91 Å². The van der Waals surface area contributed by atoms with E-state index in [0.717, 1.165) is 18.1 Å². The molecule has 0 atom stereocenters. The molecule has 136 valence electrons. The van der Waals surface area contributed by atoms with E-state index in [1.807, 2.05) is 31.2 Å². The number of amides is 1. The van der Waals surface area contributed by atoms with E-state index in [-0.39, 0.29) is 29.9 Å². The zero-order valence-corrected chi connectivity index (χ0v) is 17.9. The third-order valence-corrected chi connectivity index (χ3v) is 4.46. The Hall–Kier alpha value is -1.61. The van der Waals surface area contributed by atoms with Crippen LogP contribution in [0.2, 0.25) is 0 Å². The summed E-state index contributed by atoms with van der Waals surface area (Å²) in [6, 6.07) is 11.8. The molecule has 0 saturated heterocycles. The molecule has 1 amide bonds. The monoisotopic (exact) mass is 472 g/mol. The van der Waals surface area contributed by atoms with Crippen molar-refractivity contribution in [1.82, 2.24) is 16.0 Å². The van der Waals surface area contributed by atoms with Crippen molar-refractivity contribution in [1.29, 1.82) is 0 Å². The van der Waals surface area contributed by atoms with Gasteiger partial charge in [0.2, 0.25) is 0 Å². The van der Waals surface area contributed by atoms with E-state index in [1.54, 1.807) is 18.4 Å². The molecule has 7 heteroatoms. The van der Waals surface area contributed by atoms with Gasteiger partial charge in [0.05, 0.1) is 6.54 Å². The fourth-order valence-corrected chi connectivity index (χ4v) is 3.02. The van der Waals surface area contributed by atoms with Gasteiger partial charge in [0.15, 0.2) is 5.96 Å². The first-order chi connectivity index (χ1) is 11.6. The quantitative estimate of drug-likeness (QED) is 0.344. The van der Waals surface area contributed by atoms with Crippen LogP contribution in [0, 0.1) is 6.92 Å². The number of rotatable bonds is 6. The number of aryl methyl sites for hydroxylation is 1. The van der Waals surface area contributed by atoms with E-state index in [9.17, 15) is 4.79 Å². The number of aliphatic imine (C=N–C) groups is 1. The molecular formula is C18H25IN4OS. The van der Waals surface area contributed by atoms with Crippen molar-refractivity contribution in [2.45, 2.75) is 26.9 Å². The Balaban J connectivity index is 0.00000312. The van der Waals surface area contributed by atoms with Crippen LogP contribution in [0.15, 0.2) is 41.4 Å². The van der Waals surface area contributed by atoms with Crippen LogP contribution >= 0.6 is 35.3 Å². The van der Waals surface area contributed by atoms with Gasteiger partial charge in [0.1, 0.15) is 0 Å². The van der Waals surface area contributed by atoms with Crippen LogP contribution in [0.3, 0.4) is 0 Å². The normalized spacial score (nSPS) is 10.8. The maximum Gasteiger partial charge on any atom is 0.251 e. The van der Waals surface area contributed by atoms with Crippen LogP contribution in [0.1, 0.15) is 32.6 Å². The molecule has 0 aliphatic carbocycles. The molecule has 2 aromatic rings. The lowest BCUT2D eigenvalue weighted by atomic mass is 10.1. The lowest BCUT2D eigenvalue weighted by molar-refractivity contribution is 0.0956. The van der Waals surface area contributed by atoms with Crippen molar-refractivity contribution < 1.29 is 4.79 Å². The smallest absolute Gasteiger partial charge is 0.251 e. The van der Waals surface area contributed by atoms with Gasteiger partial charge in [-0.2, -0.15) is 0 Å². The van der Waals surface area contributed by atoms with Gasteiger partial charge >= 0.3 is 0 Å². The Morgan fingerprint density at radius 1 is 1.04 bits per heavy atom. The van der Waals surface area contributed by atoms with Crippen molar-refractivity contribution in [3.8, 4) is 0 Å². The summed E-state index contributed by atoms with van der Waals surface area (Å²) in [5.74, 6) is 0.717. The summed E-state index contributed by atoms with van der Waals surface area (Å²) in [6.07, 6.45) is 0. The summed E-state index contributed by atoms with van der Waals surface area (Å²) < 4.78 is 0. The Morgan fingerprint density at radius 3 is 2.28 bits per heavy atom. The predicted octanol–water partition coefficient (Wildman–Crippen LogP) is 3.29. The summed E-state index contributed by atoms with van der Waals surface area (Å²) in [4.78, 5) is 18.6. The fraction of sp³-hybridized carbons (Fsp3) is 0.333. The van der Waals surface area contributed by atoms with Crippen molar-refractivity contribution in [2.75, 3.05) is 13.6 Å². The second kappa shape index (κ2) is 11.1. The van der Waals surface area contributed by atoms with E-state index in [1.165, 1.54) is 9.75 Å². The van der Waals surface area contributed by atoms with Crippen molar-refractivity contribution in [2.24, 2.45) is 4.99 Å². The first-order valence-corrected chi connectivity index (χ1v) is 8.81. The van der Waals surface area contributed by atoms with Crippen LogP contribution in [0.4, 0.5) is 0 Å². The van der Waals surface area contributed by atoms with Crippen LogP contribution in [-0.2, 0) is 13.1 Å². The zero-order chi connectivity index (χ0) is 17.4. The van der Waals surface area contributed by atoms with Gasteiger partial charge in [-0.05, 0) is 43.7 Å². The topological polar surface area (TPSA) is 65.5 Å². The third kappa shape index (κ3) is 7.03. The van der Waals surface area contributed by atoms with Gasteiger partial charge in [-0.25, -0.2) is 0 Å². The standard InChI is InChI=1S/C18H24N4OS.HI/c1-4-20-17(23)15-8-6-14(7-9-15)11-21-18(19-3)22-12-16-10-5-13(2)24-16;/h5-10H,4,11-12H2,1-3H3,(H,20,23)(H2,19,21,22);1H. The molecule has 1 heterocycles. The van der Waals surface area contributed by atoms with Crippen LogP contribution in [-0.4, -0.2) is 25.5 Å². The second-order valence-electron chi connectivity index (χ2n) is 5.35. The van der Waals surface area contributed by atoms with Crippen molar-refractivity contribution >= 4 is 47.2 Å². The van der Waals surface area contributed by atoms with Gasteiger partial charge in [-0.1, -0.05) is 12.1 Å². The Morgan fingerprint density at radius 2 is 1.72 bits per heavy atom. The second-order valence-corrected chi connectivity index (χ2v) is 6.72. The molecular weight excluding hydrogens is 447 g/mol. The predicted molar refractivity (Wildman–Crippen MR) is 116 cm³/mol. The van der Waals surface area contributed by atoms with E-state index in [0.29, 0.717) is 18.7 Å². The maximum atomic E-state index is 11.7. The minimum absolute atomic E-state index is 0. The van der Waals surface area contributed by atoms with E-state index >= 15 is 0 Å². The summed E-state index contributed by atoms with van der Waals surface area (Å²) in [5, 5.41) is 9.37. The highest BCUT2D eigenvalue weighted by Crippen LogP contribution is 2.14. The average molecular weight is 472 g/mol. The fourth-order valence-electron chi connectivity index (χ4n) is 2.19. The minimum atomic E-state index is -0.0410. The van der Waals surface area contributed by atoms with Crippen molar-refractivity contribution in [3.05, 3.63) is 57.3 Å². The van der Waals surface area contributed by atoms with Gasteiger partial charge in [0, 0.05) is 35.5 Å². The molecule has 1 aromatic heterocycles. The number of nitrogens with zero attached hydrogens (tertiary/aromatic N) is 1. The molecule has 0 unspecified atom stereocenters. The molecule has 0 bridgehead atoms. The highest BCUT2D eigenvalue weighted by molar-refractivity contribution is 14.0. The Kier molecular flexibility index (Phi) is 9.51. The third-order valence-electron chi connectivity index (χ3n) is 3.46. The molecule has 25 heavy (non-hydrogen) atoms. The molecule has 2 rings (SSSR count). The van der Waals surface area contributed by atoms with Crippen LogP contribution in [0.5, 0.6) is 0 Å². The molecule has 0 saturated carbocycles. The van der Waals surface area contributed by atoms with Crippen LogP contribution in [0.25, 0.3) is 0 Å². The number of nitrogens with one attached hydrogen (secondary N) is 3. The van der Waals surface area contributed by atoms with E-state index in [2.05, 4.69) is 40.0 Å². The van der Waals surface area contributed by atoms with E-state index in [4.69, 9.17) is 0 Å². The molecule has 0 aliphatic heterocycles. The minimum Gasteiger partial charge on any atom is -0.352 e. The van der Waals surface area contributed by atoms with Gasteiger partial charge in [-0.3, -0.25) is 9.79 Å². The highest BCUT2D eigenvalue weighted by atomic mass is 127. The maximum absolute atomic E-state index is 11.7. The Bertz CT molecular complexity index is 697. The number of hydrogen-bond donors (Lipinski definition) is 3. The van der Waals surface area contributed by atoms with Gasteiger partial charge < -0.3 is 16.0 Å². The lowest BCUT2D eigenvalue weighted by Gasteiger charge is -2.11. The highest BCUT2D eigenvalue weighted by Gasteiger charge is 2.04. The number of hydrogen-bond acceptors (Lipinski definition) is 3. The number of halogens is 1. The zero-order valence-electron chi connectivity index (χ0n) is 14.8. The van der Waals surface area contributed by atoms with Crippen LogP contribution < -0.4 is 16.0 Å². The number of carbonyl (C=O) groups is 1. The average Bonchev–Trinajstić information content (AvgIpc) is 3.01. The molecule has 0 fully saturated rings. The largest absolute Gasteiger partial charge is 0.352 e. The van der Waals surface area contributed by atoms with E-state index < -0.39 is 0 Å². The number of benzene rings is 1. The molecule has 0 aliphatic rings. The molecule has 1 aromatic carbocycles.